The van der Waals surface area contributed by atoms with E-state index in [2.05, 4.69) is 15.5 Å². The van der Waals surface area contributed by atoms with Crippen molar-refractivity contribution in [3.8, 4) is 11.5 Å². The molecule has 0 atom stereocenters. The summed E-state index contributed by atoms with van der Waals surface area (Å²) in [6.07, 6.45) is 1.37. The van der Waals surface area contributed by atoms with Crippen LogP contribution < -0.4 is 42.3 Å². The molecule has 2 saturated heterocycles. The molecule has 2 fully saturated rings. The number of ether oxygens (including phenoxy) is 2. The molecule has 3 N–H and O–H groups in total. The fourth-order valence-corrected chi connectivity index (χ4v) is 4.33. The second-order valence-electron chi connectivity index (χ2n) is 7.85. The third-order valence-corrected chi connectivity index (χ3v) is 6.08. The van der Waals surface area contributed by atoms with Gasteiger partial charge < -0.3 is 32.1 Å². The van der Waals surface area contributed by atoms with E-state index in [4.69, 9.17) is 21.7 Å². The molecule has 2 aliphatic heterocycles. The van der Waals surface area contributed by atoms with Gasteiger partial charge >= 0.3 is 0 Å². The zero-order valence-corrected chi connectivity index (χ0v) is 21.1. The van der Waals surface area contributed by atoms with Crippen LogP contribution in [0.2, 0.25) is 0 Å². The highest BCUT2D eigenvalue weighted by Crippen LogP contribution is 2.35. The van der Waals surface area contributed by atoms with Crippen molar-refractivity contribution in [3.05, 3.63) is 57.6 Å². The summed E-state index contributed by atoms with van der Waals surface area (Å²) in [6, 6.07) is 9.29. The molecule has 0 spiro atoms. The Bertz CT molecular complexity index is 1250. The van der Waals surface area contributed by atoms with Crippen molar-refractivity contribution in [1.82, 2.24) is 5.32 Å². The van der Waals surface area contributed by atoms with Crippen LogP contribution in [0.15, 0.2) is 42.0 Å². The van der Waals surface area contributed by atoms with E-state index in [9.17, 15) is 19.7 Å². The zero-order chi connectivity index (χ0) is 25.1. The molecule has 2 amide bonds. The lowest BCUT2D eigenvalue weighted by Crippen LogP contribution is -3.00. The number of anilines is 2. The van der Waals surface area contributed by atoms with Crippen molar-refractivity contribution in [2.24, 2.45) is 0 Å². The highest BCUT2D eigenvalue weighted by Gasteiger charge is 2.36. The van der Waals surface area contributed by atoms with Gasteiger partial charge in [0.05, 0.1) is 51.0 Å². The van der Waals surface area contributed by atoms with E-state index in [1.807, 2.05) is 0 Å². The first kappa shape index (κ1) is 26.9. The summed E-state index contributed by atoms with van der Waals surface area (Å²) in [5.41, 5.74) is 1.03. The van der Waals surface area contributed by atoms with Gasteiger partial charge in [0, 0.05) is 29.4 Å². The number of amides is 2. The van der Waals surface area contributed by atoms with Crippen LogP contribution in [0.1, 0.15) is 5.56 Å². The molecular weight excluding hydrogens is 510 g/mol. The molecule has 4 rings (SSSR count). The summed E-state index contributed by atoms with van der Waals surface area (Å²) in [6.45, 7) is 3.19. The number of non-ortho nitro benzene ring substituents is 1. The molecule has 2 heterocycles. The number of benzene rings is 2. The van der Waals surface area contributed by atoms with Crippen LogP contribution in [0.5, 0.6) is 11.5 Å². The van der Waals surface area contributed by atoms with Gasteiger partial charge in [0.2, 0.25) is 0 Å². The number of carbonyl (C=O) groups excluding carboxylic acids is 2. The summed E-state index contributed by atoms with van der Waals surface area (Å²) in [4.78, 5) is 40.6. The standard InChI is InChI=1S/C23H23N5O6S.ClH/c1-33-16-4-6-20(34-2)19(13-16)27-22(30)17(21(29)25-23(27)35)12-14-11-15(28(31)32)3-5-18(14)26-9-7-24-8-10-26;/h3-6,11-13,24H,7-10H2,1-2H3,(H,25,29,35);1H/b17-12-;. The Hall–Kier alpha value is -3.74. The number of nitrogens with zero attached hydrogens (tertiary/aromatic N) is 3. The first-order valence-electron chi connectivity index (χ1n) is 10.8. The molecule has 2 aromatic carbocycles. The molecule has 0 unspecified atom stereocenters. The molecular formula is C23H24ClN5O6S. The maximum Gasteiger partial charge on any atom is 0.270 e. The van der Waals surface area contributed by atoms with Crippen molar-refractivity contribution in [2.75, 3.05) is 50.2 Å². The molecule has 0 aromatic heterocycles. The van der Waals surface area contributed by atoms with Gasteiger partial charge in [-0.15, -0.1) is 0 Å². The monoisotopic (exact) mass is 533 g/mol. The quantitative estimate of drug-likeness (QED) is 0.141. The minimum atomic E-state index is -0.692. The minimum absolute atomic E-state index is 0. The maximum atomic E-state index is 13.6. The number of hydrogen-bond acceptors (Lipinski definition) is 8. The van der Waals surface area contributed by atoms with Gasteiger partial charge in [0.25, 0.3) is 17.5 Å². The van der Waals surface area contributed by atoms with E-state index in [1.54, 1.807) is 24.3 Å². The van der Waals surface area contributed by atoms with E-state index in [0.717, 1.165) is 31.1 Å². The van der Waals surface area contributed by atoms with E-state index < -0.39 is 16.7 Å². The van der Waals surface area contributed by atoms with Crippen molar-refractivity contribution < 1.29 is 41.7 Å². The Morgan fingerprint density at radius 2 is 1.81 bits per heavy atom. The van der Waals surface area contributed by atoms with Crippen LogP contribution in [0.25, 0.3) is 6.08 Å². The lowest BCUT2D eigenvalue weighted by Gasteiger charge is -2.31. The fraction of sp³-hybridized carbons (Fsp3) is 0.261. The number of rotatable bonds is 6. The molecule has 190 valence electrons. The van der Waals surface area contributed by atoms with Gasteiger partial charge in [-0.2, -0.15) is 0 Å². The average Bonchev–Trinajstić information content (AvgIpc) is 2.86. The second-order valence-corrected chi connectivity index (χ2v) is 8.24. The summed E-state index contributed by atoms with van der Waals surface area (Å²) in [5.74, 6) is -0.573. The number of nitro groups is 1. The van der Waals surface area contributed by atoms with Gasteiger partial charge in [-0.1, -0.05) is 0 Å². The van der Waals surface area contributed by atoms with Crippen LogP contribution in [0.4, 0.5) is 17.1 Å². The number of carbonyl (C=O) groups is 2. The van der Waals surface area contributed by atoms with Crippen LogP contribution in [-0.2, 0) is 9.59 Å². The number of hydrogen-bond donors (Lipinski definition) is 2. The average molecular weight is 534 g/mol. The molecule has 0 bridgehead atoms. The first-order valence-corrected chi connectivity index (χ1v) is 11.2. The fourth-order valence-electron chi connectivity index (χ4n) is 4.05. The lowest BCUT2D eigenvalue weighted by atomic mass is 10.0. The highest BCUT2D eigenvalue weighted by atomic mass is 35.5. The Morgan fingerprint density at radius 1 is 1.08 bits per heavy atom. The Kier molecular flexibility index (Phi) is 8.45. The summed E-state index contributed by atoms with van der Waals surface area (Å²) in [5, 5.41) is 16.0. The van der Waals surface area contributed by atoms with E-state index >= 15 is 0 Å². The van der Waals surface area contributed by atoms with Gasteiger partial charge in [0.1, 0.15) is 17.1 Å². The number of nitro benzene ring substituents is 1. The van der Waals surface area contributed by atoms with E-state index in [1.165, 1.54) is 32.4 Å². The van der Waals surface area contributed by atoms with Crippen molar-refractivity contribution in [2.45, 2.75) is 0 Å². The number of thiocarbonyl (C=S) groups is 1. The zero-order valence-electron chi connectivity index (χ0n) is 19.5. The Labute approximate surface area is 218 Å². The number of halogens is 1. The molecule has 13 heteroatoms. The maximum absolute atomic E-state index is 13.6. The van der Waals surface area contributed by atoms with Gasteiger partial charge in [-0.05, 0) is 36.5 Å². The third-order valence-electron chi connectivity index (χ3n) is 5.80. The van der Waals surface area contributed by atoms with Crippen LogP contribution in [0.3, 0.4) is 0 Å². The normalized spacial score (nSPS) is 16.9. The second kappa shape index (κ2) is 11.3. The van der Waals surface area contributed by atoms with E-state index in [-0.39, 0.29) is 28.8 Å². The molecule has 2 aliphatic rings. The van der Waals surface area contributed by atoms with Crippen LogP contribution in [-0.4, -0.2) is 62.2 Å². The smallest absolute Gasteiger partial charge is 0.270 e. The molecule has 0 radical (unpaired) electrons. The summed E-state index contributed by atoms with van der Waals surface area (Å²) in [7, 11) is 2.93. The first-order chi connectivity index (χ1) is 16.8. The Balaban J connectivity index is 0.00000361. The number of quaternary nitrogens is 1. The van der Waals surface area contributed by atoms with E-state index in [0.29, 0.717) is 28.4 Å². The molecule has 11 nitrogen and oxygen atoms in total. The van der Waals surface area contributed by atoms with Crippen LogP contribution in [0, 0.1) is 10.1 Å². The number of methoxy groups -OCH3 is 2. The van der Waals surface area contributed by atoms with Gasteiger partial charge in [-0.3, -0.25) is 25.0 Å². The molecule has 0 aliphatic carbocycles. The van der Waals surface area contributed by atoms with Gasteiger partial charge in [0.15, 0.2) is 5.11 Å². The van der Waals surface area contributed by atoms with Crippen molar-refractivity contribution >= 4 is 52.3 Å². The third kappa shape index (κ3) is 5.25. The number of piperazine rings is 1. The largest absolute Gasteiger partial charge is 1.00 e. The summed E-state index contributed by atoms with van der Waals surface area (Å²) >= 11 is 5.30. The number of nitrogens with one attached hydrogen (secondary N) is 1. The highest BCUT2D eigenvalue weighted by molar-refractivity contribution is 7.80. The lowest BCUT2D eigenvalue weighted by molar-refractivity contribution is -0.655. The molecule has 36 heavy (non-hydrogen) atoms. The van der Waals surface area contributed by atoms with Crippen LogP contribution >= 0.6 is 12.2 Å². The predicted molar refractivity (Wildman–Crippen MR) is 133 cm³/mol. The minimum Gasteiger partial charge on any atom is -1.00 e. The molecule has 0 saturated carbocycles. The topological polar surface area (TPSA) is 131 Å². The Morgan fingerprint density at radius 3 is 2.44 bits per heavy atom. The predicted octanol–water partition coefficient (Wildman–Crippen LogP) is -2.17. The molecule has 2 aromatic rings. The SMILES string of the molecule is COc1ccc(OC)c(N2C(=O)/C(=C\c3cc([N+](=O)[O-])ccc3N3CC[NH2+]CC3)C(=O)NC2=S)c1.[Cl-]. The number of nitrogens with two attached hydrogens (primary N) is 1. The van der Waals surface area contributed by atoms with Gasteiger partial charge in [-0.25, -0.2) is 4.90 Å². The van der Waals surface area contributed by atoms with Crippen molar-refractivity contribution in [1.29, 1.82) is 0 Å². The van der Waals surface area contributed by atoms with Crippen molar-refractivity contribution in [3.63, 3.8) is 0 Å². The summed E-state index contributed by atoms with van der Waals surface area (Å²) < 4.78 is 10.7.